The molecule has 0 saturated carbocycles. The van der Waals surface area contributed by atoms with Gasteiger partial charge < -0.3 is 5.11 Å². The van der Waals surface area contributed by atoms with Gasteiger partial charge in [0.2, 0.25) is 0 Å². The normalized spacial score (nSPS) is 13.7. The van der Waals surface area contributed by atoms with E-state index < -0.39 is 18.7 Å². The smallest absolute Gasteiger partial charge is 0.383 e. The van der Waals surface area contributed by atoms with Gasteiger partial charge in [0, 0.05) is 6.42 Å². The number of benzene rings is 3. The van der Waals surface area contributed by atoms with Crippen LogP contribution in [-0.2, 0) is 6.42 Å². The van der Waals surface area contributed by atoms with Gasteiger partial charge in [-0.25, -0.2) is 0 Å². The SMILES string of the molecule is OC(Cc1cccc2cc3ccccc3cc12)C(F)(F)F. The van der Waals surface area contributed by atoms with Gasteiger partial charge in [-0.2, -0.15) is 13.2 Å². The number of halogens is 3. The van der Waals surface area contributed by atoms with Gasteiger partial charge in [-0.15, -0.1) is 0 Å². The summed E-state index contributed by atoms with van der Waals surface area (Å²) in [6.45, 7) is 0. The van der Waals surface area contributed by atoms with Crippen molar-refractivity contribution in [2.45, 2.75) is 18.7 Å². The maximum atomic E-state index is 12.5. The van der Waals surface area contributed by atoms with Crippen LogP contribution in [0.15, 0.2) is 54.6 Å². The third kappa shape index (κ3) is 2.72. The molecule has 3 rings (SSSR count). The second-order valence-electron chi connectivity index (χ2n) is 5.10. The molecule has 108 valence electrons. The van der Waals surface area contributed by atoms with E-state index in [1.807, 2.05) is 42.5 Å². The molecule has 0 aliphatic carbocycles. The van der Waals surface area contributed by atoms with E-state index in [0.29, 0.717) is 5.56 Å². The van der Waals surface area contributed by atoms with E-state index in [1.54, 1.807) is 12.1 Å². The van der Waals surface area contributed by atoms with Crippen molar-refractivity contribution in [3.8, 4) is 0 Å². The molecule has 0 radical (unpaired) electrons. The lowest BCUT2D eigenvalue weighted by molar-refractivity contribution is -0.202. The van der Waals surface area contributed by atoms with Gasteiger partial charge >= 0.3 is 6.18 Å². The molecule has 0 heterocycles. The lowest BCUT2D eigenvalue weighted by Gasteiger charge is -2.16. The van der Waals surface area contributed by atoms with Crippen molar-refractivity contribution in [2.75, 3.05) is 0 Å². The Labute approximate surface area is 119 Å². The molecule has 1 atom stereocenters. The second-order valence-corrected chi connectivity index (χ2v) is 5.10. The van der Waals surface area contributed by atoms with Crippen LogP contribution in [0, 0.1) is 0 Å². The molecule has 0 aromatic heterocycles. The van der Waals surface area contributed by atoms with Crippen molar-refractivity contribution in [1.82, 2.24) is 0 Å². The summed E-state index contributed by atoms with van der Waals surface area (Å²) in [5.74, 6) is 0. The Morgan fingerprint density at radius 2 is 1.48 bits per heavy atom. The molecule has 3 aromatic rings. The van der Waals surface area contributed by atoms with Gasteiger partial charge in [-0.1, -0.05) is 42.5 Å². The highest BCUT2D eigenvalue weighted by Crippen LogP contribution is 2.29. The molecule has 0 saturated heterocycles. The van der Waals surface area contributed by atoms with E-state index in [-0.39, 0.29) is 0 Å². The zero-order valence-corrected chi connectivity index (χ0v) is 11.1. The number of hydrogen-bond donors (Lipinski definition) is 1. The number of aliphatic hydroxyl groups excluding tert-OH is 1. The quantitative estimate of drug-likeness (QED) is 0.691. The fraction of sp³-hybridized carbons (Fsp3) is 0.176. The lowest BCUT2D eigenvalue weighted by Crippen LogP contribution is -2.30. The summed E-state index contributed by atoms with van der Waals surface area (Å²) < 4.78 is 37.6. The van der Waals surface area contributed by atoms with Crippen LogP contribution in [0.3, 0.4) is 0 Å². The number of rotatable bonds is 2. The third-order valence-electron chi connectivity index (χ3n) is 3.63. The van der Waals surface area contributed by atoms with E-state index in [9.17, 15) is 18.3 Å². The van der Waals surface area contributed by atoms with E-state index in [0.717, 1.165) is 21.5 Å². The molecule has 21 heavy (non-hydrogen) atoms. The molecule has 0 spiro atoms. The van der Waals surface area contributed by atoms with Crippen LogP contribution in [0.5, 0.6) is 0 Å². The van der Waals surface area contributed by atoms with Crippen molar-refractivity contribution >= 4 is 21.5 Å². The van der Waals surface area contributed by atoms with Gasteiger partial charge in [0.25, 0.3) is 0 Å². The first kappa shape index (κ1) is 13.9. The van der Waals surface area contributed by atoms with E-state index in [1.165, 1.54) is 0 Å². The Morgan fingerprint density at radius 3 is 2.14 bits per heavy atom. The maximum Gasteiger partial charge on any atom is 0.414 e. The summed E-state index contributed by atoms with van der Waals surface area (Å²) >= 11 is 0. The fourth-order valence-corrected chi connectivity index (χ4v) is 2.53. The Morgan fingerprint density at radius 1 is 0.857 bits per heavy atom. The van der Waals surface area contributed by atoms with Crippen molar-refractivity contribution in [3.63, 3.8) is 0 Å². The summed E-state index contributed by atoms with van der Waals surface area (Å²) in [6, 6.07) is 16.7. The zero-order valence-electron chi connectivity index (χ0n) is 11.1. The summed E-state index contributed by atoms with van der Waals surface area (Å²) in [6.07, 6.45) is -7.37. The minimum atomic E-state index is -4.60. The van der Waals surface area contributed by atoms with Crippen molar-refractivity contribution in [3.05, 3.63) is 60.2 Å². The second kappa shape index (κ2) is 5.04. The number of fused-ring (bicyclic) bond motifs is 2. The van der Waals surface area contributed by atoms with Gasteiger partial charge in [-0.05, 0) is 39.2 Å². The van der Waals surface area contributed by atoms with E-state index in [2.05, 4.69) is 0 Å². The van der Waals surface area contributed by atoms with Gasteiger partial charge in [0.15, 0.2) is 6.10 Å². The monoisotopic (exact) mass is 290 g/mol. The topological polar surface area (TPSA) is 20.2 Å². The minimum Gasteiger partial charge on any atom is -0.383 e. The highest BCUT2D eigenvalue weighted by atomic mass is 19.4. The first-order chi connectivity index (χ1) is 9.95. The van der Waals surface area contributed by atoms with E-state index in [4.69, 9.17) is 0 Å². The van der Waals surface area contributed by atoms with Crippen molar-refractivity contribution in [1.29, 1.82) is 0 Å². The van der Waals surface area contributed by atoms with E-state index >= 15 is 0 Å². The van der Waals surface area contributed by atoms with Gasteiger partial charge in [0.1, 0.15) is 0 Å². The Balaban J connectivity index is 2.12. The standard InChI is InChI=1S/C17H13F3O/c18-17(19,20)16(21)10-14-7-3-6-13-8-11-4-1-2-5-12(11)9-15(13)14/h1-9,16,21H,10H2. The summed E-state index contributed by atoms with van der Waals surface area (Å²) in [4.78, 5) is 0. The lowest BCUT2D eigenvalue weighted by atomic mass is 9.96. The predicted octanol–water partition coefficient (Wildman–Crippen LogP) is 4.46. The Bertz CT molecular complexity index is 793. The van der Waals surface area contributed by atoms with Crippen LogP contribution in [0.4, 0.5) is 13.2 Å². The fourth-order valence-electron chi connectivity index (χ4n) is 2.53. The van der Waals surface area contributed by atoms with Crippen LogP contribution >= 0.6 is 0 Å². The van der Waals surface area contributed by atoms with Gasteiger partial charge in [-0.3, -0.25) is 0 Å². The molecule has 1 N–H and O–H groups in total. The Kier molecular flexibility index (Phi) is 3.33. The maximum absolute atomic E-state index is 12.5. The predicted molar refractivity (Wildman–Crippen MR) is 77.2 cm³/mol. The van der Waals surface area contributed by atoms with Crippen LogP contribution < -0.4 is 0 Å². The molecule has 0 fully saturated rings. The minimum absolute atomic E-state index is 0.431. The summed E-state index contributed by atoms with van der Waals surface area (Å²) in [7, 11) is 0. The van der Waals surface area contributed by atoms with Crippen LogP contribution in [0.2, 0.25) is 0 Å². The zero-order chi connectivity index (χ0) is 15.0. The molecule has 1 unspecified atom stereocenters. The van der Waals surface area contributed by atoms with Gasteiger partial charge in [0.05, 0.1) is 0 Å². The average molecular weight is 290 g/mol. The Hall–Kier alpha value is -2.07. The number of alkyl halides is 3. The van der Waals surface area contributed by atoms with Crippen LogP contribution in [0.25, 0.3) is 21.5 Å². The summed E-state index contributed by atoms with van der Waals surface area (Å²) in [5.41, 5.74) is 0.503. The highest BCUT2D eigenvalue weighted by molar-refractivity contribution is 5.99. The molecule has 0 amide bonds. The first-order valence-electron chi connectivity index (χ1n) is 6.60. The van der Waals surface area contributed by atoms with Crippen molar-refractivity contribution < 1.29 is 18.3 Å². The molecule has 3 aromatic carbocycles. The molecule has 1 nitrogen and oxygen atoms in total. The first-order valence-corrected chi connectivity index (χ1v) is 6.60. The largest absolute Gasteiger partial charge is 0.414 e. The third-order valence-corrected chi connectivity index (χ3v) is 3.63. The van der Waals surface area contributed by atoms with Crippen LogP contribution in [0.1, 0.15) is 5.56 Å². The molecule has 0 aliphatic heterocycles. The van der Waals surface area contributed by atoms with Crippen LogP contribution in [-0.4, -0.2) is 17.4 Å². The highest BCUT2D eigenvalue weighted by Gasteiger charge is 2.38. The molecular formula is C17H13F3O. The number of aliphatic hydroxyl groups is 1. The number of hydrogen-bond acceptors (Lipinski definition) is 1. The molecule has 0 aliphatic rings. The molecule has 0 bridgehead atoms. The molecular weight excluding hydrogens is 277 g/mol. The average Bonchev–Trinajstić information content (AvgIpc) is 2.44. The molecule has 4 heteroatoms. The summed E-state index contributed by atoms with van der Waals surface area (Å²) in [5, 5.41) is 12.9. The van der Waals surface area contributed by atoms with Crippen molar-refractivity contribution in [2.24, 2.45) is 0 Å².